The summed E-state index contributed by atoms with van der Waals surface area (Å²) in [7, 11) is 0. The van der Waals surface area contributed by atoms with E-state index in [0.29, 0.717) is 18.3 Å². The van der Waals surface area contributed by atoms with E-state index < -0.39 is 0 Å². The molecule has 4 unspecified atom stereocenters. The molecule has 0 aromatic heterocycles. The van der Waals surface area contributed by atoms with E-state index in [0.717, 1.165) is 43.2 Å². The topological polar surface area (TPSA) is 58.2 Å². The maximum Gasteiger partial charge on any atom is 0.251 e. The lowest BCUT2D eigenvalue weighted by Gasteiger charge is -2.44. The summed E-state index contributed by atoms with van der Waals surface area (Å²) < 4.78 is 0. The quantitative estimate of drug-likeness (QED) is 0.880. The number of hydrogen-bond donors (Lipinski definition) is 2. The lowest BCUT2D eigenvalue weighted by Crippen LogP contribution is -2.55. The van der Waals surface area contributed by atoms with E-state index in [1.165, 1.54) is 5.56 Å². The first kappa shape index (κ1) is 18.0. The van der Waals surface area contributed by atoms with Gasteiger partial charge in [0.15, 0.2) is 0 Å². The summed E-state index contributed by atoms with van der Waals surface area (Å²) in [6, 6.07) is 6.21. The van der Waals surface area contributed by atoms with Crippen molar-refractivity contribution in [1.82, 2.24) is 10.6 Å². The zero-order valence-electron chi connectivity index (χ0n) is 15.6. The third-order valence-electron chi connectivity index (χ3n) is 6.07. The summed E-state index contributed by atoms with van der Waals surface area (Å²) in [5, 5.41) is 6.36. The number of carbonyl (C=O) groups excluding carboxylic acids is 2. The summed E-state index contributed by atoms with van der Waals surface area (Å²) in [5.74, 6) is 1.27. The monoisotopic (exact) mass is 342 g/mol. The van der Waals surface area contributed by atoms with E-state index in [9.17, 15) is 9.59 Å². The second kappa shape index (κ2) is 7.59. The summed E-state index contributed by atoms with van der Waals surface area (Å²) in [4.78, 5) is 24.6. The van der Waals surface area contributed by atoms with E-state index in [2.05, 4.69) is 24.5 Å². The molecule has 2 fully saturated rings. The molecule has 4 heteroatoms. The van der Waals surface area contributed by atoms with Crippen molar-refractivity contribution in [3.63, 3.8) is 0 Å². The molecule has 4 nitrogen and oxygen atoms in total. The number of benzene rings is 1. The fraction of sp³-hybridized carbons (Fsp3) is 0.619. The van der Waals surface area contributed by atoms with E-state index >= 15 is 0 Å². The van der Waals surface area contributed by atoms with Gasteiger partial charge < -0.3 is 10.6 Å². The van der Waals surface area contributed by atoms with Crippen LogP contribution in [0.15, 0.2) is 18.2 Å². The maximum absolute atomic E-state index is 12.6. The van der Waals surface area contributed by atoms with E-state index in [1.807, 2.05) is 25.1 Å². The van der Waals surface area contributed by atoms with Crippen molar-refractivity contribution < 1.29 is 9.59 Å². The van der Waals surface area contributed by atoms with Gasteiger partial charge in [0.1, 0.15) is 0 Å². The molecule has 0 bridgehead atoms. The number of rotatable bonds is 4. The standard InChI is InChI=1S/C21H30N2O2/c1-4-5-15-11-20(24)23-19-12-17(8-9-18(15)19)22-21(25)16-7-6-13(2)14(3)10-16/h6-7,10,15,17-19H,4-5,8-9,11-12H2,1-3H3,(H,22,25)(H,23,24). The predicted molar refractivity (Wildman–Crippen MR) is 99.5 cm³/mol. The molecule has 1 heterocycles. The Labute approximate surface area is 150 Å². The fourth-order valence-corrected chi connectivity index (χ4v) is 4.55. The van der Waals surface area contributed by atoms with Crippen LogP contribution in [0.1, 0.15) is 66.9 Å². The van der Waals surface area contributed by atoms with Crippen LogP contribution in [0.25, 0.3) is 0 Å². The highest BCUT2D eigenvalue weighted by Gasteiger charge is 2.40. The maximum atomic E-state index is 12.6. The second-order valence-corrected chi connectivity index (χ2v) is 7.87. The number of piperidine rings is 1. The van der Waals surface area contributed by atoms with Crippen LogP contribution < -0.4 is 10.6 Å². The number of hydrogen-bond acceptors (Lipinski definition) is 2. The molecule has 1 saturated heterocycles. The minimum absolute atomic E-state index is 0.00112. The summed E-state index contributed by atoms with van der Waals surface area (Å²) in [6.45, 7) is 6.27. The van der Waals surface area contributed by atoms with Gasteiger partial charge in [-0.05, 0) is 74.6 Å². The summed E-state index contributed by atoms with van der Waals surface area (Å²) >= 11 is 0. The Balaban J connectivity index is 1.63. The van der Waals surface area contributed by atoms with Crippen LogP contribution in [0.5, 0.6) is 0 Å². The third-order valence-corrected chi connectivity index (χ3v) is 6.07. The number of carbonyl (C=O) groups is 2. The number of aryl methyl sites for hydroxylation is 2. The molecule has 0 radical (unpaired) electrons. The van der Waals surface area contributed by atoms with Crippen LogP contribution in [-0.2, 0) is 4.79 Å². The van der Waals surface area contributed by atoms with Gasteiger partial charge in [-0.2, -0.15) is 0 Å². The minimum Gasteiger partial charge on any atom is -0.353 e. The highest BCUT2D eigenvalue weighted by molar-refractivity contribution is 5.94. The Hall–Kier alpha value is -1.84. The minimum atomic E-state index is -0.00112. The van der Waals surface area contributed by atoms with Gasteiger partial charge in [-0.25, -0.2) is 0 Å². The molecule has 2 N–H and O–H groups in total. The third kappa shape index (κ3) is 4.05. The number of fused-ring (bicyclic) bond motifs is 1. The highest BCUT2D eigenvalue weighted by Crippen LogP contribution is 2.37. The molecule has 4 atom stereocenters. The van der Waals surface area contributed by atoms with Crippen molar-refractivity contribution in [2.45, 2.75) is 71.4 Å². The van der Waals surface area contributed by atoms with Gasteiger partial charge in [0, 0.05) is 24.1 Å². The Morgan fingerprint density at radius 3 is 2.76 bits per heavy atom. The molecule has 1 saturated carbocycles. The molecule has 3 rings (SSSR count). The van der Waals surface area contributed by atoms with Crippen molar-refractivity contribution >= 4 is 11.8 Å². The molecule has 1 aromatic carbocycles. The fourth-order valence-electron chi connectivity index (χ4n) is 4.55. The molecule has 25 heavy (non-hydrogen) atoms. The molecule has 1 aromatic rings. The largest absolute Gasteiger partial charge is 0.353 e. The second-order valence-electron chi connectivity index (χ2n) is 7.87. The van der Waals surface area contributed by atoms with Crippen molar-refractivity contribution in [3.8, 4) is 0 Å². The van der Waals surface area contributed by atoms with Crippen LogP contribution >= 0.6 is 0 Å². The zero-order valence-corrected chi connectivity index (χ0v) is 15.6. The van der Waals surface area contributed by atoms with E-state index in [4.69, 9.17) is 0 Å². The Kier molecular flexibility index (Phi) is 5.45. The van der Waals surface area contributed by atoms with Crippen LogP contribution in [0.3, 0.4) is 0 Å². The molecule has 1 aliphatic carbocycles. The number of amides is 2. The summed E-state index contributed by atoms with van der Waals surface area (Å²) in [6.07, 6.45) is 5.89. The first-order chi connectivity index (χ1) is 12.0. The Morgan fingerprint density at radius 1 is 1.24 bits per heavy atom. The van der Waals surface area contributed by atoms with Gasteiger partial charge in [0.2, 0.25) is 5.91 Å². The van der Waals surface area contributed by atoms with Crippen LogP contribution in [-0.4, -0.2) is 23.9 Å². The van der Waals surface area contributed by atoms with E-state index in [1.54, 1.807) is 0 Å². The van der Waals surface area contributed by atoms with Crippen LogP contribution in [0.2, 0.25) is 0 Å². The smallest absolute Gasteiger partial charge is 0.251 e. The van der Waals surface area contributed by atoms with Crippen molar-refractivity contribution in [2.75, 3.05) is 0 Å². The molecule has 1 aliphatic heterocycles. The zero-order chi connectivity index (χ0) is 18.0. The molecule has 0 spiro atoms. The molecule has 2 aliphatic rings. The molecular weight excluding hydrogens is 312 g/mol. The predicted octanol–water partition coefficient (Wildman–Crippen LogP) is 3.51. The van der Waals surface area contributed by atoms with Crippen molar-refractivity contribution in [1.29, 1.82) is 0 Å². The average Bonchev–Trinajstić information content (AvgIpc) is 2.57. The first-order valence-corrected chi connectivity index (χ1v) is 9.65. The molecule has 2 amide bonds. The van der Waals surface area contributed by atoms with Gasteiger partial charge in [-0.1, -0.05) is 19.4 Å². The van der Waals surface area contributed by atoms with Crippen molar-refractivity contribution in [2.24, 2.45) is 11.8 Å². The average molecular weight is 342 g/mol. The lowest BCUT2D eigenvalue weighted by molar-refractivity contribution is -0.127. The normalized spacial score (nSPS) is 28.8. The van der Waals surface area contributed by atoms with Gasteiger partial charge in [0.05, 0.1) is 0 Å². The van der Waals surface area contributed by atoms with Crippen molar-refractivity contribution in [3.05, 3.63) is 34.9 Å². The highest BCUT2D eigenvalue weighted by atomic mass is 16.2. The lowest BCUT2D eigenvalue weighted by atomic mass is 9.70. The SMILES string of the molecule is CCCC1CC(=O)NC2CC(NC(=O)c3ccc(C)c(C)c3)CCC12. The van der Waals surface area contributed by atoms with Crippen LogP contribution in [0.4, 0.5) is 0 Å². The molecule has 136 valence electrons. The van der Waals surface area contributed by atoms with Gasteiger partial charge in [-0.15, -0.1) is 0 Å². The van der Waals surface area contributed by atoms with E-state index in [-0.39, 0.29) is 23.9 Å². The molecular formula is C21H30N2O2. The van der Waals surface area contributed by atoms with Gasteiger partial charge in [0.25, 0.3) is 5.91 Å². The Bertz CT molecular complexity index is 655. The first-order valence-electron chi connectivity index (χ1n) is 9.65. The number of nitrogens with one attached hydrogen (secondary N) is 2. The van der Waals surface area contributed by atoms with Gasteiger partial charge in [-0.3, -0.25) is 9.59 Å². The van der Waals surface area contributed by atoms with Gasteiger partial charge >= 0.3 is 0 Å². The Morgan fingerprint density at radius 2 is 2.04 bits per heavy atom. The summed E-state index contributed by atoms with van der Waals surface area (Å²) in [5.41, 5.74) is 3.06. The van der Waals surface area contributed by atoms with Crippen LogP contribution in [0, 0.1) is 25.7 Å².